The average Bonchev–Trinajstić information content (AvgIpc) is 2.71. The summed E-state index contributed by atoms with van der Waals surface area (Å²) in [6.07, 6.45) is 3.30. The fraction of sp³-hybridized carbons (Fsp3) is 0.737. The third-order valence-corrected chi connectivity index (χ3v) is 5.79. The summed E-state index contributed by atoms with van der Waals surface area (Å²) in [5, 5.41) is 25.7. The SMILES string of the molecule is CSCCC(NC(=O)C(CCSC)NC(=O)C(CC(=O)O)NC(=O)C(N)C(C)C)C(=O)O. The summed E-state index contributed by atoms with van der Waals surface area (Å²) in [6.45, 7) is 3.41. The Kier molecular flexibility index (Phi) is 14.8. The summed E-state index contributed by atoms with van der Waals surface area (Å²) in [6, 6.07) is -4.61. The first-order valence-corrected chi connectivity index (χ1v) is 12.8. The molecule has 0 fully saturated rings. The molecule has 4 atom stereocenters. The number of carboxylic acids is 2. The molecule has 0 aliphatic rings. The number of rotatable bonds is 16. The lowest BCUT2D eigenvalue weighted by atomic mass is 10.0. The van der Waals surface area contributed by atoms with Crippen LogP contribution in [0.1, 0.15) is 33.1 Å². The number of nitrogens with two attached hydrogens (primary N) is 1. The number of hydrogen-bond acceptors (Lipinski definition) is 8. The van der Waals surface area contributed by atoms with Crippen LogP contribution in [0.15, 0.2) is 0 Å². The molecule has 0 aromatic heterocycles. The van der Waals surface area contributed by atoms with Crippen molar-refractivity contribution in [1.29, 1.82) is 0 Å². The van der Waals surface area contributed by atoms with Gasteiger partial charge in [-0.25, -0.2) is 4.79 Å². The van der Waals surface area contributed by atoms with Crippen LogP contribution < -0.4 is 21.7 Å². The maximum absolute atomic E-state index is 12.7. The summed E-state index contributed by atoms with van der Waals surface area (Å²) in [5.74, 6) is -4.00. The third kappa shape index (κ3) is 11.6. The summed E-state index contributed by atoms with van der Waals surface area (Å²) in [5.41, 5.74) is 5.76. The Morgan fingerprint density at radius 1 is 0.781 bits per heavy atom. The van der Waals surface area contributed by atoms with Gasteiger partial charge in [-0.3, -0.25) is 19.2 Å². The summed E-state index contributed by atoms with van der Waals surface area (Å²) < 4.78 is 0. The smallest absolute Gasteiger partial charge is 0.326 e. The van der Waals surface area contributed by atoms with E-state index in [2.05, 4.69) is 16.0 Å². The molecule has 13 heteroatoms. The zero-order chi connectivity index (χ0) is 24.8. The van der Waals surface area contributed by atoms with Gasteiger partial charge in [0.1, 0.15) is 18.1 Å². The quantitative estimate of drug-likeness (QED) is 0.163. The van der Waals surface area contributed by atoms with E-state index in [-0.39, 0.29) is 18.8 Å². The number of hydrogen-bond donors (Lipinski definition) is 6. The van der Waals surface area contributed by atoms with Gasteiger partial charge < -0.3 is 31.9 Å². The second-order valence-corrected chi connectivity index (χ2v) is 9.42. The van der Waals surface area contributed by atoms with Crippen LogP contribution in [0.5, 0.6) is 0 Å². The molecular formula is C19H34N4O7S2. The van der Waals surface area contributed by atoms with Crippen LogP contribution in [0.25, 0.3) is 0 Å². The Balaban J connectivity index is 5.44. The third-order valence-electron chi connectivity index (χ3n) is 4.50. The molecule has 0 aromatic carbocycles. The maximum atomic E-state index is 12.7. The zero-order valence-electron chi connectivity index (χ0n) is 18.8. The molecule has 4 unspecified atom stereocenters. The number of carbonyl (C=O) groups is 5. The topological polar surface area (TPSA) is 188 Å². The van der Waals surface area contributed by atoms with Crippen LogP contribution in [0.2, 0.25) is 0 Å². The van der Waals surface area contributed by atoms with Crippen molar-refractivity contribution in [3.05, 3.63) is 0 Å². The van der Waals surface area contributed by atoms with E-state index >= 15 is 0 Å². The summed E-state index contributed by atoms with van der Waals surface area (Å²) >= 11 is 2.85. The average molecular weight is 495 g/mol. The van der Waals surface area contributed by atoms with Crippen LogP contribution in [0.4, 0.5) is 0 Å². The second-order valence-electron chi connectivity index (χ2n) is 7.45. The lowest BCUT2D eigenvalue weighted by molar-refractivity contribution is -0.143. The number of carboxylic acid groups (broad SMARTS) is 2. The number of aliphatic carboxylic acids is 2. The second kappa shape index (κ2) is 15.8. The molecule has 0 saturated carbocycles. The van der Waals surface area contributed by atoms with Crippen LogP contribution in [0, 0.1) is 5.92 Å². The van der Waals surface area contributed by atoms with Crippen molar-refractivity contribution < 1.29 is 34.2 Å². The lowest BCUT2D eigenvalue weighted by Gasteiger charge is -2.25. The minimum atomic E-state index is -1.44. The Labute approximate surface area is 196 Å². The molecule has 11 nitrogen and oxygen atoms in total. The Bertz CT molecular complexity index is 664. The minimum Gasteiger partial charge on any atom is -0.481 e. The molecule has 184 valence electrons. The molecule has 0 aliphatic heterocycles. The molecular weight excluding hydrogens is 460 g/mol. The van der Waals surface area contributed by atoms with Crippen LogP contribution in [-0.2, 0) is 24.0 Å². The van der Waals surface area contributed by atoms with Crippen molar-refractivity contribution in [2.75, 3.05) is 24.0 Å². The predicted octanol–water partition coefficient (Wildman–Crippen LogP) is -0.510. The highest BCUT2D eigenvalue weighted by atomic mass is 32.2. The van der Waals surface area contributed by atoms with E-state index in [1.165, 1.54) is 23.5 Å². The molecule has 0 radical (unpaired) electrons. The van der Waals surface area contributed by atoms with Crippen molar-refractivity contribution in [2.24, 2.45) is 11.7 Å². The molecule has 0 saturated heterocycles. The molecule has 0 rings (SSSR count). The number of nitrogens with one attached hydrogen (secondary N) is 3. The first-order chi connectivity index (χ1) is 14.9. The van der Waals surface area contributed by atoms with Crippen molar-refractivity contribution in [1.82, 2.24) is 16.0 Å². The molecule has 0 aliphatic carbocycles. The first kappa shape index (κ1) is 30.0. The van der Waals surface area contributed by atoms with Gasteiger partial charge in [-0.1, -0.05) is 13.8 Å². The summed E-state index contributed by atoms with van der Waals surface area (Å²) in [4.78, 5) is 60.3. The van der Waals surface area contributed by atoms with E-state index in [9.17, 15) is 29.1 Å². The fourth-order valence-corrected chi connectivity index (χ4v) is 3.44. The van der Waals surface area contributed by atoms with Crippen molar-refractivity contribution in [2.45, 2.75) is 57.3 Å². The summed E-state index contributed by atoms with van der Waals surface area (Å²) in [7, 11) is 0. The van der Waals surface area contributed by atoms with Gasteiger partial charge in [-0.05, 0) is 42.8 Å². The number of carbonyl (C=O) groups excluding carboxylic acids is 3. The van der Waals surface area contributed by atoms with Crippen molar-refractivity contribution in [3.8, 4) is 0 Å². The van der Waals surface area contributed by atoms with Crippen LogP contribution in [-0.4, -0.2) is 88.1 Å². The van der Waals surface area contributed by atoms with Crippen molar-refractivity contribution >= 4 is 53.2 Å². The number of amides is 3. The largest absolute Gasteiger partial charge is 0.481 e. The highest BCUT2D eigenvalue weighted by Crippen LogP contribution is 2.07. The van der Waals surface area contributed by atoms with E-state index in [0.29, 0.717) is 11.5 Å². The van der Waals surface area contributed by atoms with E-state index < -0.39 is 60.2 Å². The highest BCUT2D eigenvalue weighted by Gasteiger charge is 2.31. The van der Waals surface area contributed by atoms with Gasteiger partial charge in [-0.2, -0.15) is 23.5 Å². The highest BCUT2D eigenvalue weighted by molar-refractivity contribution is 7.98. The molecule has 32 heavy (non-hydrogen) atoms. The Hall–Kier alpha value is -1.99. The minimum absolute atomic E-state index is 0.187. The maximum Gasteiger partial charge on any atom is 0.326 e. The van der Waals surface area contributed by atoms with Gasteiger partial charge >= 0.3 is 11.9 Å². The molecule has 3 amide bonds. The lowest BCUT2D eigenvalue weighted by Crippen LogP contribution is -2.58. The normalized spacial score (nSPS) is 14.7. The van der Waals surface area contributed by atoms with E-state index in [1.54, 1.807) is 20.1 Å². The van der Waals surface area contributed by atoms with Gasteiger partial charge in [0.15, 0.2) is 0 Å². The fourth-order valence-electron chi connectivity index (χ4n) is 2.50. The molecule has 0 heterocycles. The molecule has 7 N–H and O–H groups in total. The van der Waals surface area contributed by atoms with Crippen LogP contribution >= 0.6 is 23.5 Å². The monoisotopic (exact) mass is 494 g/mol. The molecule has 0 spiro atoms. The van der Waals surface area contributed by atoms with Crippen molar-refractivity contribution in [3.63, 3.8) is 0 Å². The van der Waals surface area contributed by atoms with E-state index in [1.807, 2.05) is 6.26 Å². The Morgan fingerprint density at radius 2 is 1.22 bits per heavy atom. The van der Waals surface area contributed by atoms with Gasteiger partial charge in [0.2, 0.25) is 17.7 Å². The van der Waals surface area contributed by atoms with E-state index in [0.717, 1.165) is 0 Å². The first-order valence-electron chi connectivity index (χ1n) is 10.0. The predicted molar refractivity (Wildman–Crippen MR) is 124 cm³/mol. The Morgan fingerprint density at radius 3 is 1.66 bits per heavy atom. The van der Waals surface area contributed by atoms with E-state index in [4.69, 9.17) is 10.8 Å². The van der Waals surface area contributed by atoms with Crippen LogP contribution in [0.3, 0.4) is 0 Å². The number of thioether (sulfide) groups is 2. The van der Waals surface area contributed by atoms with Gasteiger partial charge in [0.25, 0.3) is 0 Å². The zero-order valence-corrected chi connectivity index (χ0v) is 20.4. The van der Waals surface area contributed by atoms with Gasteiger partial charge in [-0.15, -0.1) is 0 Å². The van der Waals surface area contributed by atoms with Gasteiger partial charge in [0.05, 0.1) is 12.5 Å². The molecule has 0 aromatic rings. The molecule has 0 bridgehead atoms. The van der Waals surface area contributed by atoms with Gasteiger partial charge in [0, 0.05) is 0 Å². The standard InChI is InChI=1S/C19H34N4O7S2/c1-10(2)15(20)18(28)23-13(9-14(24)25)17(27)21-11(5-7-31-3)16(26)22-12(19(29)30)6-8-32-4/h10-13,15H,5-9,20H2,1-4H3,(H,21,27)(H,22,26)(H,23,28)(H,24,25)(H,29,30).